The zero-order valence-corrected chi connectivity index (χ0v) is 32.5. The van der Waals surface area contributed by atoms with Crippen LogP contribution in [0.3, 0.4) is 0 Å². The number of methoxy groups -OCH3 is 1. The lowest BCUT2D eigenvalue weighted by Gasteiger charge is -2.36. The molecule has 3 N–H and O–H groups in total. The molecule has 300 valence electrons. The van der Waals surface area contributed by atoms with Crippen LogP contribution >= 0.6 is 0 Å². The third kappa shape index (κ3) is 7.25. The van der Waals surface area contributed by atoms with Crippen LogP contribution in [0, 0.1) is 0 Å². The first-order chi connectivity index (χ1) is 28.1. The largest absolute Gasteiger partial charge is 0.494 e. The Kier molecular flexibility index (Phi) is 10.6. The Morgan fingerprint density at radius 2 is 1.62 bits per heavy atom. The normalized spacial score (nSPS) is 18.1. The van der Waals surface area contributed by atoms with Crippen LogP contribution in [0.15, 0.2) is 66.9 Å². The molecule has 17 nitrogen and oxygen atoms in total. The van der Waals surface area contributed by atoms with E-state index in [4.69, 9.17) is 14.5 Å². The minimum Gasteiger partial charge on any atom is -0.494 e. The Bertz CT molecular complexity index is 2290. The fourth-order valence-electron chi connectivity index (χ4n) is 7.81. The quantitative estimate of drug-likeness (QED) is 0.141. The zero-order chi connectivity index (χ0) is 40.5. The number of rotatable bonds is 12. The summed E-state index contributed by atoms with van der Waals surface area (Å²) >= 11 is 0. The summed E-state index contributed by atoms with van der Waals surface area (Å²) in [6, 6.07) is 17.4. The van der Waals surface area contributed by atoms with Gasteiger partial charge in [0.25, 0.3) is 17.7 Å². The van der Waals surface area contributed by atoms with Crippen LogP contribution in [-0.2, 0) is 14.3 Å². The number of imide groups is 2. The lowest BCUT2D eigenvalue weighted by Crippen LogP contribution is -2.54. The standard InChI is InChI=1S/C41H44N10O7/c1-47-30-10-5-4-7-26(30)38(54)48(2)32-24-43-41(46-36(32)47)44-28-12-11-25(23-33(28)57-3)50-18-16-49(17-19-50)20-22-58-21-15-42-29-9-6-8-27-35(29)40(56)51(39(27)55)31-13-14-34(52)45-37(31)53/h4-12,23-24,31,42H,13-22H2,1-3H3,(H,43,44,46)(H,45,52,53). The molecule has 2 saturated heterocycles. The van der Waals surface area contributed by atoms with Gasteiger partial charge in [0.2, 0.25) is 17.8 Å². The number of anilines is 7. The van der Waals surface area contributed by atoms with Crippen LogP contribution in [-0.4, -0.2) is 129 Å². The molecule has 0 radical (unpaired) electrons. The van der Waals surface area contributed by atoms with Gasteiger partial charge in [-0.1, -0.05) is 18.2 Å². The molecule has 0 spiro atoms. The fraction of sp³-hybridized carbons (Fsp3) is 0.341. The summed E-state index contributed by atoms with van der Waals surface area (Å²) in [5, 5.41) is 8.74. The number of fused-ring (bicyclic) bond motifs is 3. The van der Waals surface area contributed by atoms with Crippen LogP contribution in [0.4, 0.5) is 40.2 Å². The summed E-state index contributed by atoms with van der Waals surface area (Å²) in [6.45, 7) is 5.47. The van der Waals surface area contributed by atoms with Crippen molar-refractivity contribution in [2.75, 3.05) is 99.0 Å². The molecule has 5 heterocycles. The molecular weight excluding hydrogens is 745 g/mol. The van der Waals surface area contributed by atoms with Crippen LogP contribution in [0.5, 0.6) is 5.75 Å². The Labute approximate surface area is 334 Å². The molecule has 1 aromatic heterocycles. The molecule has 2 fully saturated rings. The van der Waals surface area contributed by atoms with Gasteiger partial charge < -0.3 is 34.8 Å². The molecular formula is C41H44N10O7. The highest BCUT2D eigenvalue weighted by Crippen LogP contribution is 2.39. The highest BCUT2D eigenvalue weighted by atomic mass is 16.5. The molecule has 58 heavy (non-hydrogen) atoms. The number of ether oxygens (including phenoxy) is 2. The predicted octanol–water partition coefficient (Wildman–Crippen LogP) is 3.24. The summed E-state index contributed by atoms with van der Waals surface area (Å²) in [5.41, 5.74) is 4.67. The van der Waals surface area contributed by atoms with Crippen molar-refractivity contribution in [3.05, 3.63) is 83.6 Å². The van der Waals surface area contributed by atoms with Gasteiger partial charge in [0, 0.05) is 77.2 Å². The van der Waals surface area contributed by atoms with Crippen molar-refractivity contribution in [3.63, 3.8) is 0 Å². The molecule has 4 aromatic rings. The molecule has 17 heteroatoms. The molecule has 8 rings (SSSR count). The van der Waals surface area contributed by atoms with E-state index in [1.54, 1.807) is 43.5 Å². The second kappa shape index (κ2) is 16.1. The van der Waals surface area contributed by atoms with Gasteiger partial charge in [0.1, 0.15) is 17.5 Å². The molecule has 1 atom stereocenters. The zero-order valence-electron chi connectivity index (χ0n) is 32.5. The highest BCUT2D eigenvalue weighted by Gasteiger charge is 2.45. The topological polar surface area (TPSA) is 182 Å². The lowest BCUT2D eigenvalue weighted by molar-refractivity contribution is -0.136. The molecule has 0 saturated carbocycles. The number of amides is 5. The maximum absolute atomic E-state index is 13.3. The number of nitrogens with zero attached hydrogens (tertiary/aromatic N) is 7. The first kappa shape index (κ1) is 38.3. The summed E-state index contributed by atoms with van der Waals surface area (Å²) in [6.07, 6.45) is 1.82. The third-order valence-corrected chi connectivity index (χ3v) is 11.0. The molecule has 5 amide bonds. The van der Waals surface area contributed by atoms with Crippen molar-refractivity contribution in [2.24, 2.45) is 0 Å². The van der Waals surface area contributed by atoms with Gasteiger partial charge in [-0.15, -0.1) is 0 Å². The van der Waals surface area contributed by atoms with E-state index in [0.29, 0.717) is 59.9 Å². The number of carbonyl (C=O) groups excluding carboxylic acids is 5. The summed E-state index contributed by atoms with van der Waals surface area (Å²) < 4.78 is 11.7. The monoisotopic (exact) mass is 788 g/mol. The van der Waals surface area contributed by atoms with Gasteiger partial charge in [-0.25, -0.2) is 4.98 Å². The van der Waals surface area contributed by atoms with E-state index in [2.05, 4.69) is 30.7 Å². The van der Waals surface area contributed by atoms with Gasteiger partial charge in [0.15, 0.2) is 5.82 Å². The number of hydrogen-bond acceptors (Lipinski definition) is 14. The smallest absolute Gasteiger partial charge is 0.264 e. The number of carbonyl (C=O) groups is 5. The predicted molar refractivity (Wildman–Crippen MR) is 217 cm³/mol. The van der Waals surface area contributed by atoms with E-state index in [-0.39, 0.29) is 29.9 Å². The van der Waals surface area contributed by atoms with Crippen LogP contribution in [0.1, 0.15) is 43.9 Å². The lowest BCUT2D eigenvalue weighted by atomic mass is 10.0. The Balaban J connectivity index is 0.804. The average Bonchev–Trinajstić information content (AvgIpc) is 3.46. The molecule has 4 aliphatic rings. The van der Waals surface area contributed by atoms with E-state index in [9.17, 15) is 24.0 Å². The van der Waals surface area contributed by atoms with Crippen molar-refractivity contribution in [3.8, 4) is 5.75 Å². The number of para-hydroxylation sites is 1. The number of piperazine rings is 1. The number of hydrogen-bond donors (Lipinski definition) is 3. The highest BCUT2D eigenvalue weighted by molar-refractivity contribution is 6.25. The Morgan fingerprint density at radius 3 is 2.41 bits per heavy atom. The minimum absolute atomic E-state index is 0.0670. The third-order valence-electron chi connectivity index (χ3n) is 11.0. The number of nitrogens with one attached hydrogen (secondary N) is 3. The van der Waals surface area contributed by atoms with Crippen molar-refractivity contribution in [2.45, 2.75) is 18.9 Å². The van der Waals surface area contributed by atoms with E-state index >= 15 is 0 Å². The molecule has 0 bridgehead atoms. The number of aromatic nitrogens is 2. The van der Waals surface area contributed by atoms with Gasteiger partial charge in [-0.2, -0.15) is 4.98 Å². The number of piperidine rings is 1. The van der Waals surface area contributed by atoms with Crippen molar-refractivity contribution >= 4 is 69.7 Å². The van der Waals surface area contributed by atoms with Crippen LogP contribution < -0.4 is 35.4 Å². The van der Waals surface area contributed by atoms with Crippen LogP contribution in [0.2, 0.25) is 0 Å². The molecule has 3 aromatic carbocycles. The SMILES string of the molecule is COc1cc(N2CCN(CCOCCNc3cccc4c3C(=O)N(C3CCC(=O)NC3=O)C4=O)CC2)ccc1Nc1ncc2c(n1)N(C)c1ccccc1C(=O)N2C. The second-order valence-electron chi connectivity index (χ2n) is 14.4. The summed E-state index contributed by atoms with van der Waals surface area (Å²) in [5.74, 6) is -0.643. The van der Waals surface area contributed by atoms with E-state index in [1.807, 2.05) is 54.4 Å². The summed E-state index contributed by atoms with van der Waals surface area (Å²) in [7, 11) is 5.24. The van der Waals surface area contributed by atoms with Crippen LogP contribution in [0.25, 0.3) is 0 Å². The molecule has 0 aliphatic carbocycles. The average molecular weight is 789 g/mol. The van der Waals surface area contributed by atoms with Gasteiger partial charge in [0.05, 0.1) is 54.6 Å². The Hall–Kier alpha value is -6.59. The van der Waals surface area contributed by atoms with Crippen molar-refractivity contribution in [1.82, 2.24) is 25.1 Å². The maximum atomic E-state index is 13.3. The van der Waals surface area contributed by atoms with Gasteiger partial charge in [-0.3, -0.25) is 39.1 Å². The number of benzene rings is 3. The first-order valence-electron chi connectivity index (χ1n) is 19.2. The Morgan fingerprint density at radius 1 is 0.828 bits per heavy atom. The minimum atomic E-state index is -1.01. The van der Waals surface area contributed by atoms with Gasteiger partial charge in [-0.05, 0) is 42.8 Å². The van der Waals surface area contributed by atoms with E-state index in [1.165, 1.54) is 0 Å². The summed E-state index contributed by atoms with van der Waals surface area (Å²) in [4.78, 5) is 82.1. The first-order valence-corrected chi connectivity index (χ1v) is 19.2. The van der Waals surface area contributed by atoms with E-state index in [0.717, 1.165) is 49.0 Å². The fourth-order valence-corrected chi connectivity index (χ4v) is 7.81. The van der Waals surface area contributed by atoms with E-state index < -0.39 is 29.7 Å². The van der Waals surface area contributed by atoms with Crippen molar-refractivity contribution in [1.29, 1.82) is 0 Å². The second-order valence-corrected chi connectivity index (χ2v) is 14.4. The maximum Gasteiger partial charge on any atom is 0.264 e. The van der Waals surface area contributed by atoms with Gasteiger partial charge >= 0.3 is 0 Å². The molecule has 4 aliphatic heterocycles. The molecule has 1 unspecified atom stereocenters. The van der Waals surface area contributed by atoms with Crippen molar-refractivity contribution < 1.29 is 33.4 Å².